The summed E-state index contributed by atoms with van der Waals surface area (Å²) >= 11 is 0. The van der Waals surface area contributed by atoms with Crippen LogP contribution >= 0.6 is 0 Å². The van der Waals surface area contributed by atoms with Crippen LogP contribution in [0, 0.1) is 0 Å². The quantitative estimate of drug-likeness (QED) is 0.0730. The van der Waals surface area contributed by atoms with E-state index in [1.54, 1.807) is 97.1 Å². The molecule has 0 aliphatic carbocycles. The largest absolute Gasteiger partial charge is 0.508 e. The molecule has 6 atom stereocenters. The third-order valence-electron chi connectivity index (χ3n) is 12.9. The van der Waals surface area contributed by atoms with Crippen LogP contribution in [0.5, 0.6) is 57.5 Å². The number of phenolic OH excluding ortho intramolecular Hbond substituents is 7. The average Bonchev–Trinajstić information content (AvgIpc) is 4.00. The van der Waals surface area contributed by atoms with Gasteiger partial charge in [0.15, 0.2) is 0 Å². The van der Waals surface area contributed by atoms with Crippen LogP contribution in [0.15, 0.2) is 164 Å². The normalized spacial score (nSPS) is 20.2. The van der Waals surface area contributed by atoms with Crippen molar-refractivity contribution in [1.29, 1.82) is 0 Å². The minimum atomic E-state index is -0.691. The molecular weight excluding hydrogens is 833 g/mol. The van der Waals surface area contributed by atoms with E-state index in [-0.39, 0.29) is 46.2 Å². The average molecular weight is 875 g/mol. The Hall–Kier alpha value is -8.50. The van der Waals surface area contributed by atoms with E-state index >= 15 is 0 Å². The monoisotopic (exact) mass is 874 g/mol. The van der Waals surface area contributed by atoms with E-state index in [1.807, 2.05) is 72.8 Å². The van der Waals surface area contributed by atoms with Gasteiger partial charge in [-0.05, 0) is 117 Å². The highest BCUT2D eigenvalue weighted by molar-refractivity contribution is 5.76. The Morgan fingerprint density at radius 3 is 1.50 bits per heavy atom. The number of phenols is 7. The zero-order chi connectivity index (χ0) is 45.2. The highest BCUT2D eigenvalue weighted by Crippen LogP contribution is 2.59. The molecule has 0 aromatic heterocycles. The van der Waals surface area contributed by atoms with E-state index < -0.39 is 30.1 Å². The number of rotatable bonds is 8. The second-order valence-electron chi connectivity index (χ2n) is 17.0. The molecule has 3 heterocycles. The van der Waals surface area contributed by atoms with Gasteiger partial charge in [0.1, 0.15) is 75.8 Å². The fraction of sp³-hybridized carbons (Fsp3) is 0.107. The lowest BCUT2D eigenvalue weighted by Gasteiger charge is -2.26. The van der Waals surface area contributed by atoms with E-state index in [1.165, 1.54) is 6.07 Å². The lowest BCUT2D eigenvalue weighted by molar-refractivity contribution is 0.220. The van der Waals surface area contributed by atoms with Crippen LogP contribution in [-0.4, -0.2) is 35.7 Å². The van der Waals surface area contributed by atoms with Gasteiger partial charge in [-0.1, -0.05) is 84.9 Å². The summed E-state index contributed by atoms with van der Waals surface area (Å²) in [5.74, 6) is 0.0849. The van der Waals surface area contributed by atoms with Crippen molar-refractivity contribution in [3.05, 3.63) is 225 Å². The molecule has 8 aromatic carbocycles. The SMILES string of the molecule is Oc1ccc(C2Oc3ccc(/C=C/c4cc(O)cc5c4C(c4cccc(O)c4)C(c4ccccc4)O5)cc3C2c2cc(O)cc3c2C(c2cc(O)cc(O)c2)C(c2ccc(O)cc2)O3)cc1. The lowest BCUT2D eigenvalue weighted by atomic mass is 9.76. The Labute approximate surface area is 379 Å². The van der Waals surface area contributed by atoms with E-state index in [4.69, 9.17) is 14.2 Å². The highest BCUT2D eigenvalue weighted by Gasteiger charge is 2.45. The molecule has 0 amide bonds. The van der Waals surface area contributed by atoms with Crippen LogP contribution in [0.3, 0.4) is 0 Å². The molecule has 3 aliphatic heterocycles. The molecule has 8 aromatic rings. The van der Waals surface area contributed by atoms with Gasteiger partial charge in [0, 0.05) is 34.9 Å². The Kier molecular flexibility index (Phi) is 9.73. The van der Waals surface area contributed by atoms with Crippen molar-refractivity contribution in [2.75, 3.05) is 0 Å². The van der Waals surface area contributed by atoms with Crippen molar-refractivity contribution < 1.29 is 50.0 Å². The van der Waals surface area contributed by atoms with Crippen LogP contribution < -0.4 is 14.2 Å². The smallest absolute Gasteiger partial charge is 0.135 e. The van der Waals surface area contributed by atoms with Crippen molar-refractivity contribution in [2.24, 2.45) is 0 Å². The Morgan fingerprint density at radius 2 is 0.848 bits per heavy atom. The van der Waals surface area contributed by atoms with E-state index in [2.05, 4.69) is 0 Å². The summed E-state index contributed by atoms with van der Waals surface area (Å²) in [5.41, 5.74) is 8.46. The summed E-state index contributed by atoms with van der Waals surface area (Å²) in [6.07, 6.45) is 2.15. The first-order chi connectivity index (χ1) is 32.0. The summed E-state index contributed by atoms with van der Waals surface area (Å²) in [6, 6.07) is 47.4. The second-order valence-corrected chi connectivity index (χ2v) is 17.0. The van der Waals surface area contributed by atoms with Gasteiger partial charge in [-0.2, -0.15) is 0 Å². The van der Waals surface area contributed by atoms with Crippen LogP contribution in [0.4, 0.5) is 0 Å². The molecule has 3 aliphatic rings. The molecule has 7 N–H and O–H groups in total. The minimum Gasteiger partial charge on any atom is -0.508 e. The van der Waals surface area contributed by atoms with Gasteiger partial charge in [-0.25, -0.2) is 0 Å². The first-order valence-corrected chi connectivity index (χ1v) is 21.5. The third-order valence-corrected chi connectivity index (χ3v) is 12.9. The van der Waals surface area contributed by atoms with Crippen LogP contribution in [0.25, 0.3) is 12.2 Å². The van der Waals surface area contributed by atoms with Gasteiger partial charge >= 0.3 is 0 Å². The summed E-state index contributed by atoms with van der Waals surface area (Å²) in [4.78, 5) is 0. The van der Waals surface area contributed by atoms with Gasteiger partial charge in [0.25, 0.3) is 0 Å². The minimum absolute atomic E-state index is 0.0381. The molecule has 0 spiro atoms. The standard InChI is InChI=1S/C56H42O10/c57-37-16-12-32(13-17-37)55-51(36-24-40(60)26-41(61)25-36)53-45(27-43(63)29-48(53)66-55)52-44-21-30(10-20-46(44)64-56(52)33-14-18-38(58)19-15-33)9-11-35-23-42(62)28-47-49(35)50(34-7-4-8-39(59)22-34)54(65-47)31-5-2-1-3-6-31/h1-29,50-52,54-63H/b11-9+. The molecule has 10 nitrogen and oxygen atoms in total. The number of fused-ring (bicyclic) bond motifs is 3. The molecule has 11 rings (SSSR count). The number of hydrogen-bond acceptors (Lipinski definition) is 10. The second kappa shape index (κ2) is 15.9. The Bertz CT molecular complexity index is 3160. The zero-order valence-corrected chi connectivity index (χ0v) is 35.1. The molecule has 326 valence electrons. The van der Waals surface area contributed by atoms with Crippen molar-refractivity contribution in [1.82, 2.24) is 0 Å². The molecule has 10 heteroatoms. The van der Waals surface area contributed by atoms with Crippen molar-refractivity contribution >= 4 is 12.2 Å². The van der Waals surface area contributed by atoms with Crippen LogP contribution in [0.2, 0.25) is 0 Å². The summed E-state index contributed by atoms with van der Waals surface area (Å²) < 4.78 is 20.2. The maximum atomic E-state index is 11.5. The van der Waals surface area contributed by atoms with Gasteiger partial charge in [-0.15, -0.1) is 0 Å². The van der Waals surface area contributed by atoms with Gasteiger partial charge in [0.05, 0.1) is 17.8 Å². The van der Waals surface area contributed by atoms with Gasteiger partial charge < -0.3 is 50.0 Å². The fourth-order valence-electron chi connectivity index (χ4n) is 10.1. The summed E-state index contributed by atoms with van der Waals surface area (Å²) in [5, 5.41) is 75.2. The van der Waals surface area contributed by atoms with Crippen molar-refractivity contribution in [3.8, 4) is 57.5 Å². The molecule has 66 heavy (non-hydrogen) atoms. The fourth-order valence-corrected chi connectivity index (χ4v) is 10.1. The first kappa shape index (κ1) is 40.3. The predicted molar refractivity (Wildman–Crippen MR) is 248 cm³/mol. The maximum Gasteiger partial charge on any atom is 0.135 e. The molecule has 0 fully saturated rings. The summed E-state index contributed by atoms with van der Waals surface area (Å²) in [7, 11) is 0. The number of hydrogen-bond donors (Lipinski definition) is 7. The van der Waals surface area contributed by atoms with Crippen LogP contribution in [0.1, 0.15) is 97.3 Å². The Morgan fingerprint density at radius 1 is 0.318 bits per heavy atom. The topological polar surface area (TPSA) is 169 Å². The highest BCUT2D eigenvalue weighted by atomic mass is 16.5. The Balaban J connectivity index is 1.05. The van der Waals surface area contributed by atoms with E-state index in [9.17, 15) is 35.7 Å². The van der Waals surface area contributed by atoms with Crippen molar-refractivity contribution in [3.63, 3.8) is 0 Å². The number of ether oxygens (including phenoxy) is 3. The molecule has 0 bridgehead atoms. The molecule has 0 saturated carbocycles. The molecule has 0 saturated heterocycles. The van der Waals surface area contributed by atoms with Crippen LogP contribution in [-0.2, 0) is 0 Å². The number of aromatic hydroxyl groups is 7. The molecule has 0 radical (unpaired) electrons. The lowest BCUT2D eigenvalue weighted by Crippen LogP contribution is -2.16. The maximum absolute atomic E-state index is 11.5. The first-order valence-electron chi connectivity index (χ1n) is 21.5. The zero-order valence-electron chi connectivity index (χ0n) is 35.1. The molecule has 6 unspecified atom stereocenters. The van der Waals surface area contributed by atoms with Gasteiger partial charge in [-0.3, -0.25) is 0 Å². The third kappa shape index (κ3) is 7.18. The van der Waals surface area contributed by atoms with E-state index in [0.717, 1.165) is 44.5 Å². The predicted octanol–water partition coefficient (Wildman–Crippen LogP) is 11.6. The molecular formula is C56H42O10. The van der Waals surface area contributed by atoms with E-state index in [0.29, 0.717) is 33.9 Å². The van der Waals surface area contributed by atoms with Crippen molar-refractivity contribution in [2.45, 2.75) is 36.1 Å². The summed E-state index contributed by atoms with van der Waals surface area (Å²) in [6.45, 7) is 0. The van der Waals surface area contributed by atoms with Gasteiger partial charge in [0.2, 0.25) is 0 Å². The number of benzene rings is 8.